The molecule has 0 bridgehead atoms. The lowest BCUT2D eigenvalue weighted by atomic mass is 10.1. The summed E-state index contributed by atoms with van der Waals surface area (Å²) in [6, 6.07) is 13.7. The lowest BCUT2D eigenvalue weighted by molar-refractivity contribution is -0.122. The van der Waals surface area contributed by atoms with Gasteiger partial charge in [0.1, 0.15) is 0 Å². The van der Waals surface area contributed by atoms with Gasteiger partial charge in [0.2, 0.25) is 16.9 Å². The first kappa shape index (κ1) is 21.8. The second kappa shape index (κ2) is 10.2. The van der Waals surface area contributed by atoms with Crippen molar-refractivity contribution >= 4 is 51.4 Å². The Labute approximate surface area is 183 Å². The molecule has 2 aromatic carbocycles. The minimum Gasteiger partial charge on any atom is -0.346 e. The SMILES string of the molecule is Cc1cc(C)c(NC(=O)CNC(=O)CSc2nnc(Nc3ccccc3)s2)c(C)c1. The number of nitrogens with one attached hydrogen (secondary N) is 3. The Morgan fingerprint density at radius 1 is 1.00 bits per heavy atom. The molecule has 0 radical (unpaired) electrons. The van der Waals surface area contributed by atoms with Gasteiger partial charge in [-0.05, 0) is 44.0 Å². The molecule has 3 aromatic rings. The highest BCUT2D eigenvalue weighted by molar-refractivity contribution is 8.01. The fourth-order valence-electron chi connectivity index (χ4n) is 2.88. The fraction of sp³-hybridized carbons (Fsp3) is 0.238. The Bertz CT molecular complexity index is 1010. The molecule has 1 aromatic heterocycles. The molecule has 0 aliphatic carbocycles. The van der Waals surface area contributed by atoms with E-state index in [4.69, 9.17) is 0 Å². The molecular formula is C21H23N5O2S2. The number of aromatic nitrogens is 2. The van der Waals surface area contributed by atoms with Crippen LogP contribution in [0.2, 0.25) is 0 Å². The highest BCUT2D eigenvalue weighted by atomic mass is 32.2. The first-order valence-electron chi connectivity index (χ1n) is 9.33. The lowest BCUT2D eigenvalue weighted by Gasteiger charge is -2.13. The van der Waals surface area contributed by atoms with Gasteiger partial charge in [-0.15, -0.1) is 10.2 Å². The van der Waals surface area contributed by atoms with Gasteiger partial charge in [0, 0.05) is 11.4 Å². The van der Waals surface area contributed by atoms with E-state index in [-0.39, 0.29) is 24.1 Å². The molecule has 0 atom stereocenters. The Morgan fingerprint density at radius 3 is 2.40 bits per heavy atom. The molecule has 3 rings (SSSR count). The molecule has 0 spiro atoms. The van der Waals surface area contributed by atoms with Gasteiger partial charge < -0.3 is 16.0 Å². The van der Waals surface area contributed by atoms with Crippen LogP contribution in [0, 0.1) is 20.8 Å². The molecule has 1 heterocycles. The van der Waals surface area contributed by atoms with Crippen molar-refractivity contribution in [2.75, 3.05) is 22.9 Å². The average molecular weight is 442 g/mol. The molecular weight excluding hydrogens is 418 g/mol. The van der Waals surface area contributed by atoms with Gasteiger partial charge in [0.15, 0.2) is 4.34 Å². The molecule has 30 heavy (non-hydrogen) atoms. The van der Waals surface area contributed by atoms with Crippen LogP contribution in [0.25, 0.3) is 0 Å². The van der Waals surface area contributed by atoms with Gasteiger partial charge in [-0.3, -0.25) is 9.59 Å². The summed E-state index contributed by atoms with van der Waals surface area (Å²) in [5, 5.41) is 17.5. The van der Waals surface area contributed by atoms with Crippen molar-refractivity contribution in [2.45, 2.75) is 25.1 Å². The number of amides is 2. The molecule has 0 aliphatic rings. The Morgan fingerprint density at radius 2 is 1.70 bits per heavy atom. The number of hydrogen-bond acceptors (Lipinski definition) is 7. The summed E-state index contributed by atoms with van der Waals surface area (Å²) in [5.74, 6) is -0.329. The maximum Gasteiger partial charge on any atom is 0.243 e. The van der Waals surface area contributed by atoms with E-state index < -0.39 is 0 Å². The molecule has 0 saturated heterocycles. The van der Waals surface area contributed by atoms with Crippen molar-refractivity contribution in [3.63, 3.8) is 0 Å². The van der Waals surface area contributed by atoms with E-state index in [1.165, 1.54) is 23.1 Å². The Kier molecular flexibility index (Phi) is 7.42. The fourth-order valence-corrected chi connectivity index (χ4v) is 4.48. The van der Waals surface area contributed by atoms with Crippen LogP contribution >= 0.6 is 23.1 Å². The average Bonchev–Trinajstić information content (AvgIpc) is 3.15. The first-order chi connectivity index (χ1) is 14.4. The standard InChI is InChI=1S/C21H23N5O2S2/c1-13-9-14(2)19(15(3)10-13)24-17(27)11-22-18(28)12-29-21-26-25-20(30-21)23-16-7-5-4-6-8-16/h4-10H,11-12H2,1-3H3,(H,22,28)(H,23,25)(H,24,27). The largest absolute Gasteiger partial charge is 0.346 e. The van der Waals surface area contributed by atoms with Gasteiger partial charge in [-0.25, -0.2) is 0 Å². The maximum atomic E-state index is 12.2. The van der Waals surface area contributed by atoms with Crippen molar-refractivity contribution in [1.29, 1.82) is 0 Å². The number of carbonyl (C=O) groups excluding carboxylic acids is 2. The second-order valence-electron chi connectivity index (χ2n) is 6.75. The van der Waals surface area contributed by atoms with E-state index in [9.17, 15) is 9.59 Å². The van der Waals surface area contributed by atoms with Crippen LogP contribution in [-0.4, -0.2) is 34.3 Å². The van der Waals surface area contributed by atoms with E-state index in [1.54, 1.807) is 0 Å². The second-order valence-corrected chi connectivity index (χ2v) is 8.95. The van der Waals surface area contributed by atoms with Gasteiger partial charge in [-0.1, -0.05) is 59.0 Å². The molecule has 3 N–H and O–H groups in total. The monoisotopic (exact) mass is 441 g/mol. The molecule has 2 amide bonds. The Balaban J connectivity index is 1.42. The maximum absolute atomic E-state index is 12.2. The number of carbonyl (C=O) groups is 2. The van der Waals surface area contributed by atoms with Crippen molar-refractivity contribution in [3.8, 4) is 0 Å². The van der Waals surface area contributed by atoms with Gasteiger partial charge in [-0.2, -0.15) is 0 Å². The van der Waals surface area contributed by atoms with Crippen LogP contribution in [0.3, 0.4) is 0 Å². The Hall–Kier alpha value is -2.91. The minimum absolute atomic E-state index is 0.0803. The zero-order valence-corrected chi connectivity index (χ0v) is 18.6. The van der Waals surface area contributed by atoms with Crippen LogP contribution in [0.15, 0.2) is 46.8 Å². The van der Waals surface area contributed by atoms with Crippen LogP contribution in [0.4, 0.5) is 16.5 Å². The third-order valence-electron chi connectivity index (χ3n) is 4.15. The van der Waals surface area contributed by atoms with Crippen LogP contribution < -0.4 is 16.0 Å². The van der Waals surface area contributed by atoms with Gasteiger partial charge in [0.05, 0.1) is 12.3 Å². The topological polar surface area (TPSA) is 96.0 Å². The zero-order valence-electron chi connectivity index (χ0n) is 17.0. The number of hydrogen-bond donors (Lipinski definition) is 3. The van der Waals surface area contributed by atoms with Gasteiger partial charge >= 0.3 is 0 Å². The van der Waals surface area contributed by atoms with Crippen LogP contribution in [-0.2, 0) is 9.59 Å². The van der Waals surface area contributed by atoms with E-state index in [0.29, 0.717) is 9.47 Å². The van der Waals surface area contributed by atoms with Crippen molar-refractivity contribution in [3.05, 3.63) is 59.2 Å². The normalized spacial score (nSPS) is 10.5. The summed E-state index contributed by atoms with van der Waals surface area (Å²) in [4.78, 5) is 24.3. The van der Waals surface area contributed by atoms with E-state index in [0.717, 1.165) is 28.1 Å². The molecule has 0 saturated carbocycles. The summed E-state index contributed by atoms with van der Waals surface area (Å²) < 4.78 is 0.680. The number of nitrogens with zero attached hydrogens (tertiary/aromatic N) is 2. The minimum atomic E-state index is -0.256. The summed E-state index contributed by atoms with van der Waals surface area (Å²) in [5.41, 5.74) is 4.86. The summed E-state index contributed by atoms with van der Waals surface area (Å²) >= 11 is 2.65. The number of thioether (sulfide) groups is 1. The molecule has 7 nitrogen and oxygen atoms in total. The third kappa shape index (κ3) is 6.30. The van der Waals surface area contributed by atoms with Crippen molar-refractivity contribution in [2.24, 2.45) is 0 Å². The van der Waals surface area contributed by atoms with Crippen LogP contribution in [0.1, 0.15) is 16.7 Å². The highest BCUT2D eigenvalue weighted by Gasteiger charge is 2.12. The molecule has 0 unspecified atom stereocenters. The van der Waals surface area contributed by atoms with Crippen LogP contribution in [0.5, 0.6) is 0 Å². The lowest BCUT2D eigenvalue weighted by Crippen LogP contribution is -2.34. The summed E-state index contributed by atoms with van der Waals surface area (Å²) in [6.07, 6.45) is 0. The first-order valence-corrected chi connectivity index (χ1v) is 11.1. The number of aryl methyl sites for hydroxylation is 3. The summed E-state index contributed by atoms with van der Waals surface area (Å²) in [6.45, 7) is 5.84. The zero-order chi connectivity index (χ0) is 21.5. The number of benzene rings is 2. The predicted molar refractivity (Wildman–Crippen MR) is 123 cm³/mol. The van der Waals surface area contributed by atoms with E-state index in [1.807, 2.05) is 63.2 Å². The third-order valence-corrected chi connectivity index (χ3v) is 6.12. The highest BCUT2D eigenvalue weighted by Crippen LogP contribution is 2.27. The van der Waals surface area contributed by atoms with Gasteiger partial charge in [0.25, 0.3) is 0 Å². The quantitative estimate of drug-likeness (QED) is 0.456. The number of para-hydroxylation sites is 1. The van der Waals surface area contributed by atoms with Crippen molar-refractivity contribution in [1.82, 2.24) is 15.5 Å². The summed E-state index contributed by atoms with van der Waals surface area (Å²) in [7, 11) is 0. The van der Waals surface area contributed by atoms with E-state index in [2.05, 4.69) is 26.1 Å². The van der Waals surface area contributed by atoms with Crippen molar-refractivity contribution < 1.29 is 9.59 Å². The predicted octanol–water partition coefficient (Wildman–Crippen LogP) is 4.05. The van der Waals surface area contributed by atoms with E-state index >= 15 is 0 Å². The molecule has 0 fully saturated rings. The number of anilines is 3. The smallest absolute Gasteiger partial charge is 0.243 e. The number of rotatable bonds is 8. The molecule has 156 valence electrons. The molecule has 9 heteroatoms. The molecule has 0 aliphatic heterocycles.